The van der Waals surface area contributed by atoms with Gasteiger partial charge in [-0.3, -0.25) is 4.79 Å². The summed E-state index contributed by atoms with van der Waals surface area (Å²) in [6, 6.07) is 3.75. The van der Waals surface area contributed by atoms with E-state index in [1.165, 1.54) is 11.3 Å². The zero-order valence-electron chi connectivity index (χ0n) is 10.8. The summed E-state index contributed by atoms with van der Waals surface area (Å²) in [5.41, 5.74) is 6.18. The van der Waals surface area contributed by atoms with E-state index in [0.717, 1.165) is 6.42 Å². The second-order valence-electron chi connectivity index (χ2n) is 4.76. The highest BCUT2D eigenvalue weighted by Crippen LogP contribution is 2.23. The Hall–Kier alpha value is -1.38. The van der Waals surface area contributed by atoms with Gasteiger partial charge in [0.1, 0.15) is 11.1 Å². The summed E-state index contributed by atoms with van der Waals surface area (Å²) in [5, 5.41) is 14.1. The van der Waals surface area contributed by atoms with E-state index in [0.29, 0.717) is 29.4 Å². The molecule has 0 aliphatic carbocycles. The predicted molar refractivity (Wildman–Crippen MR) is 74.3 cm³/mol. The molecule has 0 saturated heterocycles. The van der Waals surface area contributed by atoms with Crippen molar-refractivity contribution < 1.29 is 4.79 Å². The lowest BCUT2D eigenvalue weighted by Crippen LogP contribution is -2.23. The van der Waals surface area contributed by atoms with E-state index in [4.69, 9.17) is 11.0 Å². The van der Waals surface area contributed by atoms with Crippen molar-refractivity contribution in [2.75, 3.05) is 11.9 Å². The first-order chi connectivity index (χ1) is 8.56. The van der Waals surface area contributed by atoms with Crippen molar-refractivity contribution >= 4 is 22.2 Å². The molecule has 0 aliphatic heterocycles. The van der Waals surface area contributed by atoms with Crippen LogP contribution in [-0.4, -0.2) is 12.5 Å². The van der Waals surface area contributed by atoms with E-state index in [9.17, 15) is 4.79 Å². The average Bonchev–Trinajstić information content (AvgIpc) is 2.74. The number of nitriles is 1. The molecule has 0 aliphatic rings. The van der Waals surface area contributed by atoms with Gasteiger partial charge in [0.2, 0.25) is 5.91 Å². The van der Waals surface area contributed by atoms with Crippen molar-refractivity contribution in [3.8, 4) is 6.07 Å². The molecule has 1 heterocycles. The Morgan fingerprint density at radius 2 is 2.33 bits per heavy atom. The van der Waals surface area contributed by atoms with Crippen LogP contribution >= 0.6 is 11.3 Å². The van der Waals surface area contributed by atoms with Gasteiger partial charge >= 0.3 is 0 Å². The Bertz CT molecular complexity index is 434. The zero-order chi connectivity index (χ0) is 13.5. The number of nitrogens with two attached hydrogens (primary N) is 1. The van der Waals surface area contributed by atoms with Gasteiger partial charge in [0.15, 0.2) is 0 Å². The first kappa shape index (κ1) is 14.7. The van der Waals surface area contributed by atoms with Crippen molar-refractivity contribution in [3.05, 3.63) is 17.0 Å². The molecule has 1 aromatic heterocycles. The number of carbonyl (C=O) groups is 1. The van der Waals surface area contributed by atoms with Gasteiger partial charge in [-0.15, -0.1) is 11.3 Å². The largest absolute Gasteiger partial charge is 0.330 e. The molecule has 0 bridgehead atoms. The number of hydrogen-bond acceptors (Lipinski definition) is 4. The highest BCUT2D eigenvalue weighted by atomic mass is 32.1. The topological polar surface area (TPSA) is 78.9 Å². The molecule has 0 radical (unpaired) electrons. The third kappa shape index (κ3) is 4.47. The Morgan fingerprint density at radius 3 is 2.89 bits per heavy atom. The fourth-order valence-electron chi connectivity index (χ4n) is 1.86. The number of amides is 1. The summed E-state index contributed by atoms with van der Waals surface area (Å²) in [5.74, 6) is 0.670. The maximum absolute atomic E-state index is 11.9. The number of thiophene rings is 1. The van der Waals surface area contributed by atoms with E-state index >= 15 is 0 Å². The van der Waals surface area contributed by atoms with E-state index < -0.39 is 0 Å². The molecule has 0 saturated carbocycles. The molecule has 1 amide bonds. The van der Waals surface area contributed by atoms with Crippen LogP contribution < -0.4 is 11.1 Å². The smallest absolute Gasteiger partial charge is 0.225 e. The van der Waals surface area contributed by atoms with Gasteiger partial charge in [0.05, 0.1) is 5.56 Å². The number of anilines is 1. The van der Waals surface area contributed by atoms with Crippen LogP contribution in [0.2, 0.25) is 0 Å². The van der Waals surface area contributed by atoms with Crippen LogP contribution in [-0.2, 0) is 4.79 Å². The van der Waals surface area contributed by atoms with Gasteiger partial charge in [-0.1, -0.05) is 13.8 Å². The molecule has 0 unspecified atom stereocenters. The van der Waals surface area contributed by atoms with Crippen molar-refractivity contribution in [2.45, 2.75) is 26.7 Å². The number of rotatable bonds is 6. The zero-order valence-corrected chi connectivity index (χ0v) is 11.6. The highest BCUT2D eigenvalue weighted by molar-refractivity contribution is 7.14. The Morgan fingerprint density at radius 1 is 1.61 bits per heavy atom. The predicted octanol–water partition coefficient (Wildman–Crippen LogP) is 2.57. The molecule has 0 aromatic carbocycles. The molecule has 1 rings (SSSR count). The van der Waals surface area contributed by atoms with Gasteiger partial charge in [-0.05, 0) is 36.2 Å². The van der Waals surface area contributed by atoms with Crippen LogP contribution in [0.1, 0.15) is 32.3 Å². The van der Waals surface area contributed by atoms with Crippen molar-refractivity contribution in [3.63, 3.8) is 0 Å². The van der Waals surface area contributed by atoms with Crippen LogP contribution in [0.3, 0.4) is 0 Å². The highest BCUT2D eigenvalue weighted by Gasteiger charge is 2.15. The number of carbonyl (C=O) groups excluding carboxylic acids is 1. The minimum atomic E-state index is -0.0648. The van der Waals surface area contributed by atoms with Crippen LogP contribution in [0.25, 0.3) is 0 Å². The molecule has 0 spiro atoms. The van der Waals surface area contributed by atoms with E-state index in [1.807, 2.05) is 0 Å². The lowest BCUT2D eigenvalue weighted by Gasteiger charge is -2.16. The van der Waals surface area contributed by atoms with Crippen molar-refractivity contribution in [2.24, 2.45) is 17.6 Å². The minimum absolute atomic E-state index is 0.0648. The van der Waals surface area contributed by atoms with Gasteiger partial charge in [-0.2, -0.15) is 5.26 Å². The molecule has 5 heteroatoms. The van der Waals surface area contributed by atoms with Gasteiger partial charge in [0, 0.05) is 6.42 Å². The molecule has 0 fully saturated rings. The maximum atomic E-state index is 11.9. The quantitative estimate of drug-likeness (QED) is 0.829. The van der Waals surface area contributed by atoms with Gasteiger partial charge in [0.25, 0.3) is 0 Å². The fraction of sp³-hybridized carbons (Fsp3) is 0.538. The number of nitrogens with zero attached hydrogens (tertiary/aromatic N) is 1. The van der Waals surface area contributed by atoms with Crippen LogP contribution in [0.15, 0.2) is 11.4 Å². The molecule has 18 heavy (non-hydrogen) atoms. The van der Waals surface area contributed by atoms with E-state index in [1.54, 1.807) is 11.4 Å². The molecular weight excluding hydrogens is 246 g/mol. The van der Waals surface area contributed by atoms with Crippen LogP contribution in [0.4, 0.5) is 5.00 Å². The minimum Gasteiger partial charge on any atom is -0.330 e. The molecule has 98 valence electrons. The summed E-state index contributed by atoms with van der Waals surface area (Å²) in [6.07, 6.45) is 1.36. The number of hydrogen-bond donors (Lipinski definition) is 2. The molecule has 3 N–H and O–H groups in total. The monoisotopic (exact) mass is 265 g/mol. The standard InChI is InChI=1S/C13H19N3OS/c1-9(2)5-10(7-14)6-12(17)16-13-11(8-15)3-4-18-13/h3-4,9-10H,5-7,14H2,1-2H3,(H,16,17)/t10-/m0/s1. The van der Waals surface area contributed by atoms with E-state index in [2.05, 4.69) is 25.2 Å². The van der Waals surface area contributed by atoms with Gasteiger partial charge in [-0.25, -0.2) is 0 Å². The van der Waals surface area contributed by atoms with Crippen molar-refractivity contribution in [1.82, 2.24) is 0 Å². The Kier molecular flexibility index (Phi) is 5.83. The summed E-state index contributed by atoms with van der Waals surface area (Å²) in [7, 11) is 0. The number of nitrogens with one attached hydrogen (secondary N) is 1. The van der Waals surface area contributed by atoms with Crippen LogP contribution in [0, 0.1) is 23.2 Å². The van der Waals surface area contributed by atoms with Crippen molar-refractivity contribution in [1.29, 1.82) is 5.26 Å². The molecule has 1 atom stereocenters. The molecular formula is C13H19N3OS. The Balaban J connectivity index is 2.53. The second kappa shape index (κ2) is 7.14. The molecule has 1 aromatic rings. The summed E-state index contributed by atoms with van der Waals surface area (Å²) < 4.78 is 0. The lowest BCUT2D eigenvalue weighted by molar-refractivity contribution is -0.117. The summed E-state index contributed by atoms with van der Waals surface area (Å²) in [4.78, 5) is 11.9. The maximum Gasteiger partial charge on any atom is 0.225 e. The fourth-order valence-corrected chi connectivity index (χ4v) is 2.62. The third-order valence-electron chi connectivity index (χ3n) is 2.65. The molecule has 4 nitrogen and oxygen atoms in total. The van der Waals surface area contributed by atoms with E-state index in [-0.39, 0.29) is 11.8 Å². The summed E-state index contributed by atoms with van der Waals surface area (Å²) >= 11 is 1.37. The SMILES string of the molecule is CC(C)C[C@H](CN)CC(=O)Nc1sccc1C#N. The lowest BCUT2D eigenvalue weighted by atomic mass is 9.94. The second-order valence-corrected chi connectivity index (χ2v) is 5.67. The first-order valence-corrected chi connectivity index (χ1v) is 6.92. The summed E-state index contributed by atoms with van der Waals surface area (Å²) in [6.45, 7) is 4.75. The first-order valence-electron chi connectivity index (χ1n) is 6.04. The Labute approximate surface area is 112 Å². The van der Waals surface area contributed by atoms with Gasteiger partial charge < -0.3 is 11.1 Å². The third-order valence-corrected chi connectivity index (χ3v) is 3.48. The average molecular weight is 265 g/mol. The normalized spacial score (nSPS) is 12.2. The van der Waals surface area contributed by atoms with Crippen LogP contribution in [0.5, 0.6) is 0 Å².